The molecule has 2 aromatic carbocycles. The van der Waals surface area contributed by atoms with E-state index in [0.29, 0.717) is 6.61 Å². The van der Waals surface area contributed by atoms with Gasteiger partial charge >= 0.3 is 0 Å². The van der Waals surface area contributed by atoms with Gasteiger partial charge in [-0.05, 0) is 43.7 Å². The molecule has 1 aromatic heterocycles. The summed E-state index contributed by atoms with van der Waals surface area (Å²) in [6, 6.07) is 18.1. The average molecular weight is 473 g/mol. The summed E-state index contributed by atoms with van der Waals surface area (Å²) >= 11 is 0. The Kier molecular flexibility index (Phi) is 9.69. The zero-order chi connectivity index (χ0) is 24.4. The fourth-order valence-electron chi connectivity index (χ4n) is 3.07. The van der Waals surface area contributed by atoms with Crippen LogP contribution in [0.15, 0.2) is 67.0 Å². The third kappa shape index (κ3) is 8.07. The molecule has 7 nitrogen and oxygen atoms in total. The zero-order valence-corrected chi connectivity index (χ0v) is 20.6. The molecule has 0 radical (unpaired) electrons. The van der Waals surface area contributed by atoms with Gasteiger partial charge in [-0.25, -0.2) is 13.0 Å². The van der Waals surface area contributed by atoms with E-state index in [-0.39, 0.29) is 5.75 Å². The lowest BCUT2D eigenvalue weighted by Crippen LogP contribution is -2.32. The molecule has 0 aliphatic heterocycles. The van der Waals surface area contributed by atoms with Crippen LogP contribution in [-0.4, -0.2) is 39.4 Å². The molecule has 0 fully saturated rings. The van der Waals surface area contributed by atoms with Crippen molar-refractivity contribution < 1.29 is 27.0 Å². The second-order valence-corrected chi connectivity index (χ2v) is 9.02. The summed E-state index contributed by atoms with van der Waals surface area (Å²) in [6.45, 7) is 6.94. The lowest BCUT2D eigenvalue weighted by Gasteiger charge is -2.20. The molecule has 0 atom stereocenters. The predicted octanol–water partition coefficient (Wildman–Crippen LogP) is 4.47. The Morgan fingerprint density at radius 3 is 2.12 bits per heavy atom. The van der Waals surface area contributed by atoms with Crippen molar-refractivity contribution in [3.8, 4) is 28.4 Å². The van der Waals surface area contributed by atoms with Crippen molar-refractivity contribution >= 4 is 15.8 Å². The molecule has 1 heterocycles. The van der Waals surface area contributed by atoms with Crippen LogP contribution in [0.25, 0.3) is 11.1 Å². The maximum atomic E-state index is 9.44. The van der Waals surface area contributed by atoms with Gasteiger partial charge in [0.05, 0.1) is 28.0 Å². The number of benzene rings is 2. The Hall–Kier alpha value is -3.10. The quantitative estimate of drug-likeness (QED) is 0.355. The van der Waals surface area contributed by atoms with E-state index in [4.69, 9.17) is 9.47 Å². The van der Waals surface area contributed by atoms with Gasteiger partial charge in [-0.2, -0.15) is 0 Å². The summed E-state index contributed by atoms with van der Waals surface area (Å²) in [7, 11) is 0.170. The molecule has 0 N–H and O–H groups in total. The molecule has 0 saturated carbocycles. The van der Waals surface area contributed by atoms with Crippen molar-refractivity contribution in [2.75, 3.05) is 31.4 Å². The predicted molar refractivity (Wildman–Crippen MR) is 130 cm³/mol. The SMILES string of the molecule is CCOc1cccc(-c2c[n+](CC)cc(Oc3ccccc3)c2N(C)C)c1.CCS(=O)(=O)[O-]. The van der Waals surface area contributed by atoms with Gasteiger partial charge in [-0.15, -0.1) is 0 Å². The molecule has 0 amide bonds. The van der Waals surface area contributed by atoms with Crippen molar-refractivity contribution in [3.05, 3.63) is 67.0 Å². The zero-order valence-electron chi connectivity index (χ0n) is 19.8. The van der Waals surface area contributed by atoms with Gasteiger partial charge in [-0.1, -0.05) is 37.3 Å². The van der Waals surface area contributed by atoms with E-state index in [1.807, 2.05) is 63.5 Å². The highest BCUT2D eigenvalue weighted by Gasteiger charge is 2.21. The maximum absolute atomic E-state index is 9.44. The van der Waals surface area contributed by atoms with Crippen LogP contribution in [0.5, 0.6) is 17.2 Å². The largest absolute Gasteiger partial charge is 0.748 e. The molecule has 178 valence electrons. The highest BCUT2D eigenvalue weighted by molar-refractivity contribution is 7.85. The topological polar surface area (TPSA) is 82.8 Å². The van der Waals surface area contributed by atoms with Gasteiger partial charge in [0.1, 0.15) is 18.0 Å². The average Bonchev–Trinajstić information content (AvgIpc) is 2.79. The maximum Gasteiger partial charge on any atom is 0.214 e. The molecule has 0 unspecified atom stereocenters. The standard InChI is InChI=1S/C23H27N2O2.C2H6O3S/c1-5-25-16-21(18-11-10-14-20(15-18)26-6-2)23(24(3)4)22(17-25)27-19-12-8-7-9-13-19;1-2-6(3,4)5/h7-17H,5-6H2,1-4H3;2H2,1H3,(H,3,4,5)/q+1;/p-1. The molecule has 0 bridgehead atoms. The minimum Gasteiger partial charge on any atom is -0.748 e. The molecular formula is C25H32N2O5S. The number of rotatable bonds is 8. The van der Waals surface area contributed by atoms with Crippen molar-refractivity contribution in [2.24, 2.45) is 0 Å². The summed E-state index contributed by atoms with van der Waals surface area (Å²) < 4.78 is 42.4. The van der Waals surface area contributed by atoms with Crippen molar-refractivity contribution in [1.82, 2.24) is 0 Å². The number of nitrogens with zero attached hydrogens (tertiary/aromatic N) is 2. The number of anilines is 1. The summed E-state index contributed by atoms with van der Waals surface area (Å²) in [6.07, 6.45) is 4.22. The van der Waals surface area contributed by atoms with E-state index in [9.17, 15) is 13.0 Å². The molecule has 3 rings (SSSR count). The molecule has 8 heteroatoms. The van der Waals surface area contributed by atoms with Crippen molar-refractivity contribution in [1.29, 1.82) is 0 Å². The molecule has 0 aliphatic rings. The number of aryl methyl sites for hydroxylation is 1. The first-order valence-corrected chi connectivity index (χ1v) is 12.4. The normalized spacial score (nSPS) is 10.7. The van der Waals surface area contributed by atoms with Gasteiger partial charge in [-0.3, -0.25) is 0 Å². The number of pyridine rings is 1. The second kappa shape index (κ2) is 12.2. The Labute approximate surface area is 197 Å². The van der Waals surface area contributed by atoms with Crippen LogP contribution in [0, 0.1) is 0 Å². The van der Waals surface area contributed by atoms with Gasteiger partial charge in [0.2, 0.25) is 11.9 Å². The lowest BCUT2D eigenvalue weighted by atomic mass is 10.0. The highest BCUT2D eigenvalue weighted by atomic mass is 32.2. The van der Waals surface area contributed by atoms with E-state index in [1.165, 1.54) is 6.92 Å². The summed E-state index contributed by atoms with van der Waals surface area (Å²) in [5, 5.41) is 0. The Balaban J connectivity index is 0.000000569. The number of hydrogen-bond donors (Lipinski definition) is 0. The van der Waals surface area contributed by atoms with E-state index in [0.717, 1.165) is 40.6 Å². The Morgan fingerprint density at radius 2 is 1.58 bits per heavy atom. The molecule has 0 spiro atoms. The van der Waals surface area contributed by atoms with E-state index in [1.54, 1.807) is 0 Å². The molecule has 33 heavy (non-hydrogen) atoms. The van der Waals surface area contributed by atoms with Crippen LogP contribution in [0.4, 0.5) is 5.69 Å². The first-order chi connectivity index (χ1) is 15.7. The van der Waals surface area contributed by atoms with E-state index in [2.05, 4.69) is 40.9 Å². The Morgan fingerprint density at radius 1 is 0.939 bits per heavy atom. The molecule has 3 aromatic rings. The minimum absolute atomic E-state index is 0.312. The monoisotopic (exact) mass is 472 g/mol. The summed E-state index contributed by atoms with van der Waals surface area (Å²) in [5.74, 6) is 2.21. The van der Waals surface area contributed by atoms with Crippen molar-refractivity contribution in [3.63, 3.8) is 0 Å². The van der Waals surface area contributed by atoms with Gasteiger partial charge < -0.3 is 18.9 Å². The van der Waals surface area contributed by atoms with Crippen LogP contribution in [0.2, 0.25) is 0 Å². The smallest absolute Gasteiger partial charge is 0.214 e. The third-order valence-electron chi connectivity index (χ3n) is 4.66. The highest BCUT2D eigenvalue weighted by Crippen LogP contribution is 2.39. The molecule has 0 aliphatic carbocycles. The number of aromatic nitrogens is 1. The fourth-order valence-corrected chi connectivity index (χ4v) is 3.07. The van der Waals surface area contributed by atoms with E-state index >= 15 is 0 Å². The second-order valence-electron chi connectivity index (χ2n) is 7.33. The van der Waals surface area contributed by atoms with Crippen LogP contribution in [-0.2, 0) is 16.7 Å². The Bertz CT molecular complexity index is 1130. The number of ether oxygens (including phenoxy) is 2. The van der Waals surface area contributed by atoms with Crippen molar-refractivity contribution in [2.45, 2.75) is 27.3 Å². The third-order valence-corrected chi connectivity index (χ3v) is 5.37. The van der Waals surface area contributed by atoms with Crippen LogP contribution in [0.1, 0.15) is 20.8 Å². The van der Waals surface area contributed by atoms with Gasteiger partial charge in [0, 0.05) is 19.8 Å². The molecule has 0 saturated heterocycles. The number of hydrogen-bond acceptors (Lipinski definition) is 6. The summed E-state index contributed by atoms with van der Waals surface area (Å²) in [5.41, 5.74) is 3.25. The first-order valence-electron chi connectivity index (χ1n) is 10.8. The van der Waals surface area contributed by atoms with Crippen LogP contribution >= 0.6 is 0 Å². The first kappa shape index (κ1) is 26.2. The molecular weight excluding hydrogens is 440 g/mol. The number of para-hydroxylation sites is 1. The lowest BCUT2D eigenvalue weighted by molar-refractivity contribution is -0.693. The van der Waals surface area contributed by atoms with Gasteiger partial charge in [0.15, 0.2) is 6.20 Å². The fraction of sp³-hybridized carbons (Fsp3) is 0.320. The minimum atomic E-state index is -3.91. The van der Waals surface area contributed by atoms with Gasteiger partial charge in [0.25, 0.3) is 0 Å². The summed E-state index contributed by atoms with van der Waals surface area (Å²) in [4.78, 5) is 2.10. The van der Waals surface area contributed by atoms with Crippen LogP contribution < -0.4 is 18.9 Å². The van der Waals surface area contributed by atoms with E-state index < -0.39 is 10.1 Å². The van der Waals surface area contributed by atoms with Crippen LogP contribution in [0.3, 0.4) is 0 Å².